The van der Waals surface area contributed by atoms with Crippen molar-refractivity contribution in [3.8, 4) is 0 Å². The fourth-order valence-corrected chi connectivity index (χ4v) is 3.55. The molecule has 1 heterocycles. The lowest BCUT2D eigenvalue weighted by molar-refractivity contribution is -0.384. The topological polar surface area (TPSA) is 89.5 Å². The predicted molar refractivity (Wildman–Crippen MR) is 80.3 cm³/mol. The number of carbonyl (C=O) groups excluding carboxylic acids is 1. The number of nitrogen functional groups attached to an aromatic ring is 1. The zero-order valence-electron chi connectivity index (χ0n) is 10.8. The molecule has 20 heavy (non-hydrogen) atoms. The van der Waals surface area contributed by atoms with Crippen LogP contribution in [0, 0.1) is 10.1 Å². The predicted octanol–water partition coefficient (Wildman–Crippen LogP) is 2.41. The van der Waals surface area contributed by atoms with Crippen molar-refractivity contribution in [2.24, 2.45) is 0 Å². The van der Waals surface area contributed by atoms with Crippen LogP contribution in [0.2, 0.25) is 5.02 Å². The number of anilines is 1. The molecule has 0 spiro atoms. The maximum absolute atomic E-state index is 12.4. The highest BCUT2D eigenvalue weighted by atomic mass is 35.5. The molecule has 0 aliphatic carbocycles. The highest BCUT2D eigenvalue weighted by Crippen LogP contribution is 2.31. The van der Waals surface area contributed by atoms with Gasteiger partial charge in [-0.05, 0) is 12.2 Å². The summed E-state index contributed by atoms with van der Waals surface area (Å²) in [6.45, 7) is 0. The van der Waals surface area contributed by atoms with Gasteiger partial charge < -0.3 is 10.6 Å². The Kier molecular flexibility index (Phi) is 4.39. The molecule has 2 N–H and O–H groups in total. The van der Waals surface area contributed by atoms with Gasteiger partial charge in [0.25, 0.3) is 11.6 Å². The molecule has 1 aromatic carbocycles. The van der Waals surface area contributed by atoms with Gasteiger partial charge in [0.05, 0.1) is 21.2 Å². The summed E-state index contributed by atoms with van der Waals surface area (Å²) in [6, 6.07) is 2.46. The number of nitrogens with zero attached hydrogens (tertiary/aromatic N) is 2. The minimum Gasteiger partial charge on any atom is -0.397 e. The third kappa shape index (κ3) is 2.83. The van der Waals surface area contributed by atoms with Crippen molar-refractivity contribution in [3.05, 3.63) is 32.8 Å². The lowest BCUT2D eigenvalue weighted by Gasteiger charge is -2.24. The Morgan fingerprint density at radius 1 is 1.60 bits per heavy atom. The van der Waals surface area contributed by atoms with E-state index in [1.165, 1.54) is 6.07 Å². The summed E-state index contributed by atoms with van der Waals surface area (Å²) in [7, 11) is 1.69. The number of nitro benzene ring substituents is 1. The van der Waals surface area contributed by atoms with Gasteiger partial charge in [-0.25, -0.2) is 0 Å². The average Bonchev–Trinajstić information content (AvgIpc) is 2.93. The molecule has 1 aliphatic rings. The van der Waals surface area contributed by atoms with E-state index in [0.717, 1.165) is 24.0 Å². The maximum atomic E-state index is 12.4. The van der Waals surface area contributed by atoms with Gasteiger partial charge in [-0.15, -0.1) is 0 Å². The fraction of sp³-hybridized carbons (Fsp3) is 0.417. The first-order valence-electron chi connectivity index (χ1n) is 6.00. The summed E-state index contributed by atoms with van der Waals surface area (Å²) in [5.41, 5.74) is 5.72. The molecule has 1 fully saturated rings. The highest BCUT2D eigenvalue weighted by Gasteiger charge is 2.27. The van der Waals surface area contributed by atoms with Gasteiger partial charge in [-0.2, -0.15) is 11.8 Å². The molecule has 0 aromatic heterocycles. The monoisotopic (exact) mass is 315 g/mol. The summed E-state index contributed by atoms with van der Waals surface area (Å²) in [4.78, 5) is 24.3. The van der Waals surface area contributed by atoms with Crippen molar-refractivity contribution >= 4 is 40.6 Å². The maximum Gasteiger partial charge on any atom is 0.271 e. The summed E-state index contributed by atoms with van der Waals surface area (Å²) < 4.78 is 0. The zero-order chi connectivity index (χ0) is 14.9. The van der Waals surface area contributed by atoms with Crippen LogP contribution in [-0.4, -0.2) is 40.3 Å². The molecule has 1 atom stereocenters. The third-order valence-corrected chi connectivity index (χ3v) is 4.79. The molecule has 0 saturated carbocycles. The van der Waals surface area contributed by atoms with E-state index in [4.69, 9.17) is 17.3 Å². The van der Waals surface area contributed by atoms with Crippen LogP contribution in [0.15, 0.2) is 12.1 Å². The Hall–Kier alpha value is -1.47. The second-order valence-electron chi connectivity index (χ2n) is 4.58. The number of non-ortho nitro benzene ring substituents is 1. The third-order valence-electron chi connectivity index (χ3n) is 3.33. The number of hydrogen-bond acceptors (Lipinski definition) is 5. The van der Waals surface area contributed by atoms with Crippen LogP contribution in [0.3, 0.4) is 0 Å². The summed E-state index contributed by atoms with van der Waals surface area (Å²) in [6.07, 6.45) is 0.912. The Labute approximate surface area is 125 Å². The molecule has 1 aromatic rings. The van der Waals surface area contributed by atoms with E-state index in [0.29, 0.717) is 0 Å². The Balaban J connectivity index is 2.35. The van der Waals surface area contributed by atoms with Gasteiger partial charge in [0.1, 0.15) is 0 Å². The summed E-state index contributed by atoms with van der Waals surface area (Å²) in [5, 5.41) is 10.9. The minimum atomic E-state index is -0.590. The van der Waals surface area contributed by atoms with Crippen LogP contribution in [0.1, 0.15) is 16.8 Å². The molecule has 6 nitrogen and oxygen atoms in total. The van der Waals surface area contributed by atoms with Crippen molar-refractivity contribution < 1.29 is 9.72 Å². The standard InChI is InChI=1S/C12H14ClN3O3S/c1-15(7-2-3-20-6-7)12(17)9-4-8(16(18)19)5-10(13)11(9)14/h4-5,7H,2-3,6,14H2,1H3. The Morgan fingerprint density at radius 2 is 2.30 bits per heavy atom. The quantitative estimate of drug-likeness (QED) is 0.525. The van der Waals surface area contributed by atoms with Crippen LogP contribution in [0.5, 0.6) is 0 Å². The number of amides is 1. The van der Waals surface area contributed by atoms with Gasteiger partial charge in [0, 0.05) is 31.0 Å². The van der Waals surface area contributed by atoms with Gasteiger partial charge in [-0.1, -0.05) is 11.6 Å². The second-order valence-corrected chi connectivity index (χ2v) is 6.14. The molecular weight excluding hydrogens is 302 g/mol. The van der Waals surface area contributed by atoms with E-state index in [1.54, 1.807) is 23.7 Å². The number of carbonyl (C=O) groups is 1. The smallest absolute Gasteiger partial charge is 0.271 e. The number of nitro groups is 1. The Bertz CT molecular complexity index is 561. The molecule has 8 heteroatoms. The number of thioether (sulfide) groups is 1. The Morgan fingerprint density at radius 3 is 2.85 bits per heavy atom. The summed E-state index contributed by atoms with van der Waals surface area (Å²) in [5.74, 6) is 1.54. The molecule has 0 bridgehead atoms. The highest BCUT2D eigenvalue weighted by molar-refractivity contribution is 7.99. The van der Waals surface area contributed by atoms with Crippen molar-refractivity contribution in [1.82, 2.24) is 4.90 Å². The molecule has 1 amide bonds. The van der Waals surface area contributed by atoms with Gasteiger partial charge in [0.15, 0.2) is 0 Å². The number of halogens is 1. The molecule has 108 valence electrons. The lowest BCUT2D eigenvalue weighted by atomic mass is 10.1. The van der Waals surface area contributed by atoms with Gasteiger partial charge >= 0.3 is 0 Å². The van der Waals surface area contributed by atoms with E-state index < -0.39 is 4.92 Å². The van der Waals surface area contributed by atoms with E-state index in [-0.39, 0.29) is 33.9 Å². The number of nitrogens with two attached hydrogens (primary N) is 1. The van der Waals surface area contributed by atoms with Crippen LogP contribution < -0.4 is 5.73 Å². The molecular formula is C12H14ClN3O3S. The average molecular weight is 316 g/mol. The molecule has 2 rings (SSSR count). The molecule has 0 radical (unpaired) electrons. The van der Waals surface area contributed by atoms with E-state index in [2.05, 4.69) is 0 Å². The van der Waals surface area contributed by atoms with E-state index in [9.17, 15) is 14.9 Å². The first kappa shape index (κ1) is 14.9. The van der Waals surface area contributed by atoms with Crippen LogP contribution in [0.4, 0.5) is 11.4 Å². The minimum absolute atomic E-state index is 0.0248. The number of benzene rings is 1. The number of rotatable bonds is 3. The van der Waals surface area contributed by atoms with E-state index >= 15 is 0 Å². The fourth-order valence-electron chi connectivity index (χ4n) is 2.07. The van der Waals surface area contributed by atoms with E-state index in [1.807, 2.05) is 0 Å². The first-order chi connectivity index (χ1) is 9.41. The second kappa shape index (κ2) is 5.88. The summed E-state index contributed by atoms with van der Waals surface area (Å²) >= 11 is 7.65. The number of hydrogen-bond donors (Lipinski definition) is 1. The van der Waals surface area contributed by atoms with Gasteiger partial charge in [0.2, 0.25) is 0 Å². The molecule has 1 unspecified atom stereocenters. The molecule has 1 saturated heterocycles. The van der Waals surface area contributed by atoms with Crippen LogP contribution in [0.25, 0.3) is 0 Å². The van der Waals surface area contributed by atoms with Crippen LogP contribution >= 0.6 is 23.4 Å². The van der Waals surface area contributed by atoms with Crippen molar-refractivity contribution in [3.63, 3.8) is 0 Å². The normalized spacial score (nSPS) is 18.0. The first-order valence-corrected chi connectivity index (χ1v) is 7.53. The van der Waals surface area contributed by atoms with Crippen molar-refractivity contribution in [2.75, 3.05) is 24.3 Å². The van der Waals surface area contributed by atoms with Crippen LogP contribution in [-0.2, 0) is 0 Å². The van der Waals surface area contributed by atoms with Gasteiger partial charge in [-0.3, -0.25) is 14.9 Å². The zero-order valence-corrected chi connectivity index (χ0v) is 12.4. The van der Waals surface area contributed by atoms with Crippen molar-refractivity contribution in [2.45, 2.75) is 12.5 Å². The van der Waals surface area contributed by atoms with Crippen molar-refractivity contribution in [1.29, 1.82) is 0 Å². The SMILES string of the molecule is CN(C(=O)c1cc([N+](=O)[O-])cc(Cl)c1N)C1CCSC1. The lowest BCUT2D eigenvalue weighted by Crippen LogP contribution is -2.37. The largest absolute Gasteiger partial charge is 0.397 e. The molecule has 1 aliphatic heterocycles.